The highest BCUT2D eigenvalue weighted by Gasteiger charge is 2.42. The molecule has 0 radical (unpaired) electrons. The lowest BCUT2D eigenvalue weighted by Crippen LogP contribution is -2.45. The number of hydrogen-bond acceptors (Lipinski definition) is 2. The van der Waals surface area contributed by atoms with Gasteiger partial charge in [-0.25, -0.2) is 0 Å². The zero-order valence-electron chi connectivity index (χ0n) is 13.0. The minimum atomic E-state index is -0.135. The molecule has 2 fully saturated rings. The fourth-order valence-electron chi connectivity index (χ4n) is 3.00. The van der Waals surface area contributed by atoms with E-state index in [0.29, 0.717) is 6.10 Å². The molecule has 1 aliphatic carbocycles. The second kappa shape index (κ2) is 6.38. The van der Waals surface area contributed by atoms with Crippen LogP contribution in [0.1, 0.15) is 73.1 Å². The maximum absolute atomic E-state index is 9.96. The lowest BCUT2D eigenvalue weighted by molar-refractivity contribution is -0.0750. The molecule has 108 valence electrons. The van der Waals surface area contributed by atoms with Gasteiger partial charge in [0.15, 0.2) is 0 Å². The van der Waals surface area contributed by atoms with Crippen molar-refractivity contribution in [2.75, 3.05) is 6.61 Å². The molecule has 18 heavy (non-hydrogen) atoms. The van der Waals surface area contributed by atoms with E-state index in [2.05, 4.69) is 34.6 Å². The third-order valence-electron chi connectivity index (χ3n) is 4.40. The molecule has 0 aromatic carbocycles. The van der Waals surface area contributed by atoms with E-state index in [9.17, 15) is 5.11 Å². The number of aliphatic hydroxyl groups excluding tert-OH is 1. The summed E-state index contributed by atoms with van der Waals surface area (Å²) in [6, 6.07) is 0. The highest BCUT2D eigenvalue weighted by Crippen LogP contribution is 2.45. The molecule has 1 N–H and O–H groups in total. The molecule has 0 bridgehead atoms. The van der Waals surface area contributed by atoms with Crippen molar-refractivity contribution in [2.24, 2.45) is 10.8 Å². The van der Waals surface area contributed by atoms with Crippen LogP contribution >= 0.6 is 0 Å². The van der Waals surface area contributed by atoms with Gasteiger partial charge in [0.1, 0.15) is 0 Å². The molecule has 1 saturated carbocycles. The molecule has 0 spiro atoms. The van der Waals surface area contributed by atoms with Gasteiger partial charge in [-0.05, 0) is 30.1 Å². The summed E-state index contributed by atoms with van der Waals surface area (Å²) in [5, 5.41) is 9.96. The van der Waals surface area contributed by atoms with Crippen LogP contribution in [0, 0.1) is 10.8 Å². The van der Waals surface area contributed by atoms with Gasteiger partial charge in [0, 0.05) is 0 Å². The van der Waals surface area contributed by atoms with Crippen molar-refractivity contribution in [3.8, 4) is 0 Å². The Bertz CT molecular complexity index is 225. The van der Waals surface area contributed by atoms with E-state index in [4.69, 9.17) is 4.74 Å². The second-order valence-electron chi connectivity index (χ2n) is 7.33. The summed E-state index contributed by atoms with van der Waals surface area (Å²) in [6.45, 7) is 11.9. The van der Waals surface area contributed by atoms with Gasteiger partial charge in [0.2, 0.25) is 0 Å². The minimum absolute atomic E-state index is 0.127. The smallest absolute Gasteiger partial charge is 0.0810 e. The first kappa shape index (κ1) is 16.0. The number of rotatable bonds is 3. The fourth-order valence-corrected chi connectivity index (χ4v) is 3.00. The van der Waals surface area contributed by atoms with Crippen molar-refractivity contribution in [3.63, 3.8) is 0 Å². The Kier molecular flexibility index (Phi) is 5.67. The summed E-state index contributed by atoms with van der Waals surface area (Å²) in [6.07, 6.45) is 8.04. The number of unbranched alkanes of at least 4 members (excludes halogenated alkanes) is 1. The number of epoxide rings is 1. The third kappa shape index (κ3) is 4.89. The monoisotopic (exact) mass is 256 g/mol. The molecule has 1 saturated heterocycles. The van der Waals surface area contributed by atoms with Crippen molar-refractivity contribution in [1.82, 2.24) is 0 Å². The summed E-state index contributed by atoms with van der Waals surface area (Å²) >= 11 is 0. The molecule has 2 rings (SSSR count). The molecule has 2 nitrogen and oxygen atoms in total. The van der Waals surface area contributed by atoms with Crippen LogP contribution in [0.2, 0.25) is 0 Å². The van der Waals surface area contributed by atoms with Crippen LogP contribution < -0.4 is 0 Å². The average molecular weight is 256 g/mol. The summed E-state index contributed by atoms with van der Waals surface area (Å²) in [5.74, 6) is 0. The first-order valence-electron chi connectivity index (χ1n) is 7.59. The van der Waals surface area contributed by atoms with E-state index in [1.807, 2.05) is 0 Å². The molecule has 2 aliphatic rings. The van der Waals surface area contributed by atoms with Gasteiger partial charge in [-0.15, -0.1) is 0 Å². The Morgan fingerprint density at radius 1 is 1.11 bits per heavy atom. The first-order chi connectivity index (χ1) is 8.29. The van der Waals surface area contributed by atoms with E-state index in [1.54, 1.807) is 0 Å². The number of hydrogen-bond donors (Lipinski definition) is 1. The van der Waals surface area contributed by atoms with Crippen LogP contribution in [-0.2, 0) is 4.74 Å². The molecule has 1 heterocycles. The molecule has 1 unspecified atom stereocenters. The predicted octanol–water partition coefficient (Wildman–Crippen LogP) is 4.16. The summed E-state index contributed by atoms with van der Waals surface area (Å²) in [5.41, 5.74) is 0.253. The SMILES string of the molecule is CC1(C)CCCC(C)(C)C1O.CCCCC1CO1. The summed E-state index contributed by atoms with van der Waals surface area (Å²) < 4.78 is 5.01. The Morgan fingerprint density at radius 3 is 1.94 bits per heavy atom. The highest BCUT2D eigenvalue weighted by molar-refractivity contribution is 4.93. The largest absolute Gasteiger partial charge is 0.392 e. The maximum Gasteiger partial charge on any atom is 0.0810 e. The van der Waals surface area contributed by atoms with Gasteiger partial charge in [0.05, 0.1) is 18.8 Å². The van der Waals surface area contributed by atoms with E-state index in [-0.39, 0.29) is 16.9 Å². The van der Waals surface area contributed by atoms with Crippen LogP contribution in [0.3, 0.4) is 0 Å². The normalized spacial score (nSPS) is 29.3. The predicted molar refractivity (Wildman–Crippen MR) is 76.7 cm³/mol. The van der Waals surface area contributed by atoms with E-state index < -0.39 is 0 Å². The van der Waals surface area contributed by atoms with Crippen LogP contribution in [0.4, 0.5) is 0 Å². The Hall–Kier alpha value is -0.0800. The van der Waals surface area contributed by atoms with Crippen molar-refractivity contribution in [3.05, 3.63) is 0 Å². The minimum Gasteiger partial charge on any atom is -0.392 e. The lowest BCUT2D eigenvalue weighted by atomic mass is 9.63. The van der Waals surface area contributed by atoms with Crippen molar-refractivity contribution in [1.29, 1.82) is 0 Å². The molecular weight excluding hydrogens is 224 g/mol. The Morgan fingerprint density at radius 2 is 1.61 bits per heavy atom. The highest BCUT2D eigenvalue weighted by atomic mass is 16.6. The molecule has 1 atom stereocenters. The standard InChI is InChI=1S/C10H20O.C6H12O/c1-9(2)6-5-7-10(3,4)8(9)11;1-2-3-4-6-5-7-6/h8,11H,5-7H2,1-4H3;6H,2-5H2,1H3. The molecule has 2 heteroatoms. The van der Waals surface area contributed by atoms with Gasteiger partial charge in [0.25, 0.3) is 0 Å². The first-order valence-corrected chi connectivity index (χ1v) is 7.59. The number of aliphatic hydroxyl groups is 1. The van der Waals surface area contributed by atoms with E-state index in [0.717, 1.165) is 19.4 Å². The van der Waals surface area contributed by atoms with Gasteiger partial charge in [-0.3, -0.25) is 0 Å². The molecule has 0 aromatic heterocycles. The lowest BCUT2D eigenvalue weighted by Gasteiger charge is -2.46. The van der Waals surface area contributed by atoms with Crippen molar-refractivity contribution in [2.45, 2.75) is 85.4 Å². The topological polar surface area (TPSA) is 32.8 Å². The van der Waals surface area contributed by atoms with Crippen LogP contribution in [0.25, 0.3) is 0 Å². The van der Waals surface area contributed by atoms with Crippen molar-refractivity contribution < 1.29 is 9.84 Å². The Balaban J connectivity index is 0.000000199. The van der Waals surface area contributed by atoms with Crippen LogP contribution in [0.5, 0.6) is 0 Å². The van der Waals surface area contributed by atoms with Crippen LogP contribution in [0.15, 0.2) is 0 Å². The third-order valence-corrected chi connectivity index (χ3v) is 4.40. The fraction of sp³-hybridized carbons (Fsp3) is 1.00. The average Bonchev–Trinajstić information content (AvgIpc) is 3.07. The second-order valence-corrected chi connectivity index (χ2v) is 7.33. The van der Waals surface area contributed by atoms with E-state index >= 15 is 0 Å². The zero-order valence-corrected chi connectivity index (χ0v) is 13.0. The van der Waals surface area contributed by atoms with Gasteiger partial charge in [-0.2, -0.15) is 0 Å². The Labute approximate surface area is 113 Å². The van der Waals surface area contributed by atoms with Crippen LogP contribution in [-0.4, -0.2) is 23.9 Å². The number of ether oxygens (including phenoxy) is 1. The zero-order chi connectivity index (χ0) is 13.8. The quantitative estimate of drug-likeness (QED) is 0.769. The van der Waals surface area contributed by atoms with Gasteiger partial charge in [-0.1, -0.05) is 53.9 Å². The maximum atomic E-state index is 9.96. The molecule has 1 aliphatic heterocycles. The summed E-state index contributed by atoms with van der Waals surface area (Å²) in [4.78, 5) is 0. The van der Waals surface area contributed by atoms with Crippen molar-refractivity contribution >= 4 is 0 Å². The molecule has 0 amide bonds. The van der Waals surface area contributed by atoms with Gasteiger partial charge >= 0.3 is 0 Å². The van der Waals surface area contributed by atoms with E-state index in [1.165, 1.54) is 25.7 Å². The molecular formula is C16H32O2. The van der Waals surface area contributed by atoms with Gasteiger partial charge < -0.3 is 9.84 Å². The summed E-state index contributed by atoms with van der Waals surface area (Å²) in [7, 11) is 0. The molecule has 0 aromatic rings.